The van der Waals surface area contributed by atoms with Crippen molar-refractivity contribution in [3.63, 3.8) is 0 Å². The van der Waals surface area contributed by atoms with Crippen LogP contribution >= 0.6 is 0 Å². The molecule has 4 atom stereocenters. The lowest BCUT2D eigenvalue weighted by Gasteiger charge is -2.38. The number of halogens is 1. The maximum atomic E-state index is 15.9. The molecule has 1 aliphatic heterocycles. The summed E-state index contributed by atoms with van der Waals surface area (Å²) in [5.74, 6) is 2.21. The smallest absolute Gasteiger partial charge is 0.284 e. The molecule has 0 saturated carbocycles. The van der Waals surface area contributed by atoms with E-state index in [4.69, 9.17) is 21.6 Å². The average Bonchev–Trinajstić information content (AvgIpc) is 3.58. The van der Waals surface area contributed by atoms with Gasteiger partial charge in [0.1, 0.15) is 23.5 Å². The number of aliphatic hydroxyl groups excluding tert-OH is 2. The number of terminal acetylenes is 1. The molecule has 3 heterocycles. The van der Waals surface area contributed by atoms with E-state index in [1.807, 2.05) is 84.8 Å². The Morgan fingerprint density at radius 1 is 1.09 bits per heavy atom. The summed E-state index contributed by atoms with van der Waals surface area (Å²) in [6.07, 6.45) is 1.84. The quantitative estimate of drug-likeness (QED) is 0.197. The largest absolute Gasteiger partial charge is 0.496 e. The Balaban J connectivity index is 1.70. The van der Waals surface area contributed by atoms with Gasteiger partial charge >= 0.3 is 0 Å². The first-order valence-corrected chi connectivity index (χ1v) is 13.4. The molecule has 1 saturated heterocycles. The molecular formula is C32H28FN5O5. The maximum Gasteiger partial charge on any atom is 0.284 e. The van der Waals surface area contributed by atoms with Gasteiger partial charge in [-0.3, -0.25) is 13.9 Å². The number of rotatable bonds is 7. The number of hydrogen-bond acceptors (Lipinski definition) is 8. The second-order valence-corrected chi connectivity index (χ2v) is 10.1. The van der Waals surface area contributed by atoms with Crippen LogP contribution in [0.3, 0.4) is 0 Å². The van der Waals surface area contributed by atoms with E-state index in [0.717, 1.165) is 10.9 Å². The third-order valence-electron chi connectivity index (χ3n) is 7.94. The number of alkyl halides is 1. The van der Waals surface area contributed by atoms with Gasteiger partial charge in [0.05, 0.1) is 20.0 Å². The number of para-hydroxylation sites is 1. The highest BCUT2D eigenvalue weighted by molar-refractivity contribution is 5.72. The van der Waals surface area contributed by atoms with Crippen molar-refractivity contribution in [3.8, 4) is 18.1 Å². The summed E-state index contributed by atoms with van der Waals surface area (Å²) in [4.78, 5) is 23.5. The second-order valence-electron chi connectivity index (χ2n) is 10.1. The van der Waals surface area contributed by atoms with Gasteiger partial charge < -0.3 is 25.4 Å². The standard InChI is InChI=1S/C32H28FN5O5/c1-3-31(33)26(40)24(18-39)43-29(31)37-19-35-25-27(37)36-30(34)38(28(25)41)32(20-12-6-4-7-13-20,21-14-8-5-9-15-21)22-16-10-11-17-23(22)42-2/h1,4-17,19,24,26,29,39-40H,18H2,2H3,(H2,34,36)/t24-,26-,29-,31-/m1/s1. The van der Waals surface area contributed by atoms with Gasteiger partial charge in [0.2, 0.25) is 11.6 Å². The Bertz CT molecular complexity index is 1850. The van der Waals surface area contributed by atoms with Crippen molar-refractivity contribution in [2.75, 3.05) is 19.5 Å². The fourth-order valence-electron chi connectivity index (χ4n) is 5.96. The van der Waals surface area contributed by atoms with E-state index in [1.54, 1.807) is 13.2 Å². The molecule has 2 aromatic heterocycles. The molecule has 0 radical (unpaired) electrons. The zero-order valence-electron chi connectivity index (χ0n) is 23.0. The van der Waals surface area contributed by atoms with Crippen molar-refractivity contribution in [1.29, 1.82) is 0 Å². The first kappa shape index (κ1) is 28.1. The minimum absolute atomic E-state index is 0.109. The number of nitrogen functional groups attached to an aromatic ring is 1. The average molecular weight is 582 g/mol. The molecule has 6 rings (SSSR count). The van der Waals surface area contributed by atoms with Crippen LogP contribution in [0, 0.1) is 12.3 Å². The van der Waals surface area contributed by atoms with Crippen molar-refractivity contribution in [2.24, 2.45) is 0 Å². The summed E-state index contributed by atoms with van der Waals surface area (Å²) in [7, 11) is 1.54. The molecule has 10 nitrogen and oxygen atoms in total. The van der Waals surface area contributed by atoms with Crippen molar-refractivity contribution < 1.29 is 24.1 Å². The van der Waals surface area contributed by atoms with Gasteiger partial charge in [0.25, 0.3) is 5.56 Å². The molecule has 43 heavy (non-hydrogen) atoms. The van der Waals surface area contributed by atoms with E-state index < -0.39 is 41.8 Å². The topological polar surface area (TPSA) is 138 Å². The molecule has 5 aromatic rings. The number of aromatic nitrogens is 4. The minimum Gasteiger partial charge on any atom is -0.496 e. The van der Waals surface area contributed by atoms with Crippen molar-refractivity contribution in [3.05, 3.63) is 118 Å². The van der Waals surface area contributed by atoms with Crippen molar-refractivity contribution in [2.45, 2.75) is 29.6 Å². The van der Waals surface area contributed by atoms with E-state index in [1.165, 1.54) is 4.57 Å². The monoisotopic (exact) mass is 581 g/mol. The molecule has 1 fully saturated rings. The normalized spacial score (nSPS) is 22.0. The Labute approximate surface area is 245 Å². The first-order chi connectivity index (χ1) is 20.8. The minimum atomic E-state index is -2.75. The Hall–Kier alpha value is -5.02. The van der Waals surface area contributed by atoms with Crippen LogP contribution in [0.5, 0.6) is 5.75 Å². The molecule has 0 unspecified atom stereocenters. The van der Waals surface area contributed by atoms with E-state index >= 15 is 4.39 Å². The van der Waals surface area contributed by atoms with E-state index in [9.17, 15) is 15.0 Å². The Morgan fingerprint density at radius 3 is 2.28 bits per heavy atom. The zero-order chi connectivity index (χ0) is 30.4. The summed E-state index contributed by atoms with van der Waals surface area (Å²) in [5, 5.41) is 20.1. The van der Waals surface area contributed by atoms with Crippen LogP contribution in [0.4, 0.5) is 10.3 Å². The number of hydrogen-bond donors (Lipinski definition) is 3. The summed E-state index contributed by atoms with van der Waals surface area (Å²) in [6, 6.07) is 25.9. The van der Waals surface area contributed by atoms with Crippen LogP contribution in [0.25, 0.3) is 11.2 Å². The van der Waals surface area contributed by atoms with Crippen LogP contribution < -0.4 is 16.0 Å². The lowest BCUT2D eigenvalue weighted by Crippen LogP contribution is -2.46. The molecule has 218 valence electrons. The van der Waals surface area contributed by atoms with Crippen LogP contribution in [0.1, 0.15) is 22.9 Å². The van der Waals surface area contributed by atoms with Crippen molar-refractivity contribution in [1.82, 2.24) is 19.1 Å². The number of fused-ring (bicyclic) bond motifs is 1. The molecular weight excluding hydrogens is 553 g/mol. The maximum absolute atomic E-state index is 15.9. The summed E-state index contributed by atoms with van der Waals surface area (Å²) in [6.45, 7) is -0.685. The SMILES string of the molecule is C#C[C@@]1(F)[C@H](O)[C@@H](CO)O[C@H]1n1cnc2c(=O)n(C(c3ccccc3)(c3ccccc3)c3ccccc3OC)c(N)nc21. The predicted molar refractivity (Wildman–Crippen MR) is 157 cm³/mol. The van der Waals surface area contributed by atoms with Gasteiger partial charge in [-0.25, -0.2) is 9.37 Å². The van der Waals surface area contributed by atoms with Crippen LogP contribution in [0.15, 0.2) is 96.1 Å². The number of methoxy groups -OCH3 is 1. The molecule has 0 aliphatic carbocycles. The lowest BCUT2D eigenvalue weighted by molar-refractivity contribution is -0.0504. The number of aliphatic hydroxyl groups is 2. The lowest BCUT2D eigenvalue weighted by atomic mass is 9.76. The third-order valence-corrected chi connectivity index (χ3v) is 7.94. The summed E-state index contributed by atoms with van der Waals surface area (Å²) >= 11 is 0. The van der Waals surface area contributed by atoms with Crippen LogP contribution in [0.2, 0.25) is 0 Å². The highest BCUT2D eigenvalue weighted by Gasteiger charge is 2.58. The Kier molecular flexibility index (Phi) is 6.98. The molecule has 1 aliphatic rings. The Morgan fingerprint density at radius 2 is 1.70 bits per heavy atom. The summed E-state index contributed by atoms with van der Waals surface area (Å²) < 4.78 is 29.8. The first-order valence-electron chi connectivity index (χ1n) is 13.4. The number of nitrogens with two attached hydrogens (primary N) is 1. The number of anilines is 1. The highest BCUT2D eigenvalue weighted by atomic mass is 19.1. The van der Waals surface area contributed by atoms with Crippen LogP contribution in [-0.4, -0.2) is 60.9 Å². The van der Waals surface area contributed by atoms with Gasteiger partial charge in [-0.1, -0.05) is 84.8 Å². The molecule has 0 bridgehead atoms. The fraction of sp³-hybridized carbons (Fsp3) is 0.219. The molecule has 0 spiro atoms. The highest BCUT2D eigenvalue weighted by Crippen LogP contribution is 2.46. The number of ether oxygens (including phenoxy) is 2. The van der Waals surface area contributed by atoms with Gasteiger partial charge in [-0.05, 0) is 17.2 Å². The fourth-order valence-corrected chi connectivity index (χ4v) is 5.96. The second kappa shape index (κ2) is 10.7. The molecule has 3 aromatic carbocycles. The van der Waals surface area contributed by atoms with Crippen molar-refractivity contribution >= 4 is 17.1 Å². The molecule has 11 heteroatoms. The number of benzene rings is 3. The number of nitrogens with zero attached hydrogens (tertiary/aromatic N) is 4. The van der Waals surface area contributed by atoms with E-state index in [0.29, 0.717) is 22.4 Å². The predicted octanol–water partition coefficient (Wildman–Crippen LogP) is 2.62. The third kappa shape index (κ3) is 4.03. The van der Waals surface area contributed by atoms with Gasteiger partial charge in [-0.2, -0.15) is 4.98 Å². The molecule has 4 N–H and O–H groups in total. The van der Waals surface area contributed by atoms with Gasteiger partial charge in [0.15, 0.2) is 17.4 Å². The van der Waals surface area contributed by atoms with E-state index in [-0.39, 0.29) is 17.1 Å². The molecule has 0 amide bonds. The summed E-state index contributed by atoms with van der Waals surface area (Å²) in [5.41, 5.74) is 3.62. The number of imidazole rings is 1. The van der Waals surface area contributed by atoms with E-state index in [2.05, 4.69) is 9.97 Å². The van der Waals surface area contributed by atoms with Crippen LogP contribution in [-0.2, 0) is 10.3 Å². The van der Waals surface area contributed by atoms with Gasteiger partial charge in [-0.15, -0.1) is 6.42 Å². The van der Waals surface area contributed by atoms with Gasteiger partial charge in [0, 0.05) is 5.56 Å². The zero-order valence-corrected chi connectivity index (χ0v) is 23.0.